The van der Waals surface area contributed by atoms with Crippen LogP contribution in [0, 0.1) is 6.92 Å². The van der Waals surface area contributed by atoms with E-state index in [0.717, 1.165) is 16.8 Å². The molecule has 6 heteroatoms. The molecule has 0 aliphatic heterocycles. The zero-order valence-corrected chi connectivity index (χ0v) is 14.2. The summed E-state index contributed by atoms with van der Waals surface area (Å²) in [5.41, 5.74) is 8.49. The van der Waals surface area contributed by atoms with Crippen LogP contribution in [-0.4, -0.2) is 23.0 Å². The molecular formula is C19H20N4O2. The van der Waals surface area contributed by atoms with Crippen LogP contribution in [0.4, 0.5) is 5.95 Å². The quantitative estimate of drug-likeness (QED) is 0.701. The second-order valence-electron chi connectivity index (χ2n) is 5.48. The maximum Gasteiger partial charge on any atom is 0.221 e. The predicted octanol–water partition coefficient (Wildman–Crippen LogP) is 3.24. The summed E-state index contributed by atoms with van der Waals surface area (Å²) in [6.45, 7) is 2.30. The number of benzene rings is 2. The molecule has 0 bridgehead atoms. The van der Waals surface area contributed by atoms with Crippen LogP contribution in [0.5, 0.6) is 11.5 Å². The molecule has 0 spiro atoms. The van der Waals surface area contributed by atoms with Crippen molar-refractivity contribution in [2.45, 2.75) is 13.5 Å². The largest absolute Gasteiger partial charge is 0.493 e. The Morgan fingerprint density at radius 1 is 1.16 bits per heavy atom. The predicted molar refractivity (Wildman–Crippen MR) is 98.1 cm³/mol. The van der Waals surface area contributed by atoms with Gasteiger partial charge in [0, 0.05) is 5.56 Å². The number of nitrogen functional groups attached to an aromatic ring is 1. The molecule has 2 aromatic carbocycles. The smallest absolute Gasteiger partial charge is 0.221 e. The molecule has 0 atom stereocenters. The lowest BCUT2D eigenvalue weighted by molar-refractivity contribution is 0.284. The molecular weight excluding hydrogens is 316 g/mol. The van der Waals surface area contributed by atoms with Crippen molar-refractivity contribution in [3.05, 3.63) is 71.5 Å². The molecule has 0 aliphatic rings. The highest BCUT2D eigenvalue weighted by Gasteiger charge is 2.10. The fourth-order valence-corrected chi connectivity index (χ4v) is 2.40. The van der Waals surface area contributed by atoms with Gasteiger partial charge in [-0.25, -0.2) is 9.66 Å². The number of nitrogens with zero attached hydrogens (tertiary/aromatic N) is 3. The van der Waals surface area contributed by atoms with E-state index in [-0.39, 0.29) is 0 Å². The molecule has 128 valence electrons. The van der Waals surface area contributed by atoms with Gasteiger partial charge in [0.2, 0.25) is 5.95 Å². The lowest BCUT2D eigenvalue weighted by atomic mass is 10.2. The number of aromatic nitrogens is 2. The summed E-state index contributed by atoms with van der Waals surface area (Å²) in [6.07, 6.45) is 3.44. The zero-order chi connectivity index (χ0) is 17.6. The van der Waals surface area contributed by atoms with Crippen LogP contribution in [0.1, 0.15) is 16.8 Å². The highest BCUT2D eigenvalue weighted by molar-refractivity contribution is 5.85. The Balaban J connectivity index is 1.87. The van der Waals surface area contributed by atoms with Crippen molar-refractivity contribution in [3.8, 4) is 11.5 Å². The Labute approximate surface area is 146 Å². The third-order valence-corrected chi connectivity index (χ3v) is 3.61. The molecule has 0 aliphatic carbocycles. The van der Waals surface area contributed by atoms with E-state index in [2.05, 4.69) is 10.1 Å². The van der Waals surface area contributed by atoms with E-state index >= 15 is 0 Å². The third-order valence-electron chi connectivity index (χ3n) is 3.61. The minimum absolute atomic E-state index is 0.336. The summed E-state index contributed by atoms with van der Waals surface area (Å²) in [4.78, 5) is 4.13. The highest BCUT2D eigenvalue weighted by Crippen LogP contribution is 2.31. The van der Waals surface area contributed by atoms with Crippen LogP contribution in [0.2, 0.25) is 0 Å². The Bertz CT molecular complexity index is 872. The van der Waals surface area contributed by atoms with Crippen molar-refractivity contribution in [2.75, 3.05) is 12.8 Å². The first-order chi connectivity index (χ1) is 12.2. The van der Waals surface area contributed by atoms with E-state index in [0.29, 0.717) is 24.1 Å². The highest BCUT2D eigenvalue weighted by atomic mass is 16.5. The minimum atomic E-state index is 0.336. The molecule has 0 saturated heterocycles. The van der Waals surface area contributed by atoms with Crippen molar-refractivity contribution in [1.29, 1.82) is 0 Å². The van der Waals surface area contributed by atoms with Gasteiger partial charge in [-0.3, -0.25) is 0 Å². The van der Waals surface area contributed by atoms with E-state index in [1.165, 1.54) is 4.68 Å². The molecule has 25 heavy (non-hydrogen) atoms. The minimum Gasteiger partial charge on any atom is -0.493 e. The SMILES string of the molecule is COc1cccc(C=Nn2cc(C)nc2N)c1OCc1ccccc1. The average Bonchev–Trinajstić information content (AvgIpc) is 2.96. The second-order valence-corrected chi connectivity index (χ2v) is 5.48. The standard InChI is InChI=1S/C19H20N4O2/c1-14-12-23(19(20)22-14)21-11-16-9-6-10-17(24-2)18(16)25-13-15-7-4-3-5-8-15/h3-12H,13H2,1-2H3,(H2,20,22). The number of nitrogens with two attached hydrogens (primary N) is 1. The molecule has 0 fully saturated rings. The van der Waals surface area contributed by atoms with E-state index in [9.17, 15) is 0 Å². The fraction of sp³-hybridized carbons (Fsp3) is 0.158. The van der Waals surface area contributed by atoms with Crippen LogP contribution in [-0.2, 0) is 6.61 Å². The van der Waals surface area contributed by atoms with Crippen LogP contribution >= 0.6 is 0 Å². The topological polar surface area (TPSA) is 74.7 Å². The van der Waals surface area contributed by atoms with Crippen LogP contribution in [0.3, 0.4) is 0 Å². The molecule has 2 N–H and O–H groups in total. The summed E-state index contributed by atoms with van der Waals surface area (Å²) in [7, 11) is 1.61. The number of anilines is 1. The first-order valence-electron chi connectivity index (χ1n) is 7.87. The van der Waals surface area contributed by atoms with Gasteiger partial charge in [0.1, 0.15) is 6.61 Å². The number of rotatable bonds is 6. The zero-order valence-electron chi connectivity index (χ0n) is 14.2. The number of aryl methyl sites for hydroxylation is 1. The van der Waals surface area contributed by atoms with E-state index in [4.69, 9.17) is 15.2 Å². The lowest BCUT2D eigenvalue weighted by Crippen LogP contribution is -2.02. The Morgan fingerprint density at radius 3 is 2.64 bits per heavy atom. The summed E-state index contributed by atoms with van der Waals surface area (Å²) in [5, 5.41) is 4.36. The number of imidazole rings is 1. The normalized spacial score (nSPS) is 11.0. The van der Waals surface area contributed by atoms with Gasteiger partial charge in [0.05, 0.1) is 25.2 Å². The molecule has 6 nitrogen and oxygen atoms in total. The van der Waals surface area contributed by atoms with Crippen molar-refractivity contribution in [1.82, 2.24) is 9.66 Å². The van der Waals surface area contributed by atoms with Gasteiger partial charge in [-0.05, 0) is 24.6 Å². The first kappa shape index (κ1) is 16.6. The van der Waals surface area contributed by atoms with Crippen LogP contribution in [0.25, 0.3) is 0 Å². The van der Waals surface area contributed by atoms with E-state index in [1.807, 2.05) is 55.5 Å². The fourth-order valence-electron chi connectivity index (χ4n) is 2.40. The molecule has 3 aromatic rings. The Hall–Kier alpha value is -3.28. The molecule has 0 unspecified atom stereocenters. The van der Waals surface area contributed by atoms with Crippen LogP contribution < -0.4 is 15.2 Å². The molecule has 1 aromatic heterocycles. The number of para-hydroxylation sites is 1. The molecule has 0 amide bonds. The van der Waals surface area contributed by atoms with Gasteiger partial charge in [-0.2, -0.15) is 5.10 Å². The number of hydrogen-bond donors (Lipinski definition) is 1. The summed E-state index contributed by atoms with van der Waals surface area (Å²) in [6, 6.07) is 15.6. The first-order valence-corrected chi connectivity index (χ1v) is 7.87. The van der Waals surface area contributed by atoms with Crippen molar-refractivity contribution < 1.29 is 9.47 Å². The number of methoxy groups -OCH3 is 1. The third kappa shape index (κ3) is 3.98. The van der Waals surface area contributed by atoms with E-state index in [1.54, 1.807) is 19.5 Å². The van der Waals surface area contributed by atoms with Gasteiger partial charge < -0.3 is 15.2 Å². The monoisotopic (exact) mass is 336 g/mol. The van der Waals surface area contributed by atoms with Crippen LogP contribution in [0.15, 0.2) is 59.8 Å². The lowest BCUT2D eigenvalue weighted by Gasteiger charge is -2.13. The summed E-state index contributed by atoms with van der Waals surface area (Å²) < 4.78 is 12.9. The van der Waals surface area contributed by atoms with Crippen molar-refractivity contribution in [3.63, 3.8) is 0 Å². The molecule has 1 heterocycles. The maximum absolute atomic E-state index is 6.00. The summed E-state index contributed by atoms with van der Waals surface area (Å²) >= 11 is 0. The maximum atomic E-state index is 6.00. The van der Waals surface area contributed by atoms with E-state index < -0.39 is 0 Å². The van der Waals surface area contributed by atoms with Gasteiger partial charge >= 0.3 is 0 Å². The van der Waals surface area contributed by atoms with Gasteiger partial charge in [0.25, 0.3) is 0 Å². The van der Waals surface area contributed by atoms with Gasteiger partial charge in [-0.15, -0.1) is 0 Å². The van der Waals surface area contributed by atoms with Crippen molar-refractivity contribution in [2.24, 2.45) is 5.10 Å². The average molecular weight is 336 g/mol. The number of ether oxygens (including phenoxy) is 2. The molecule has 0 radical (unpaired) electrons. The van der Waals surface area contributed by atoms with Crippen molar-refractivity contribution >= 4 is 12.2 Å². The number of hydrogen-bond acceptors (Lipinski definition) is 5. The Morgan fingerprint density at radius 2 is 1.96 bits per heavy atom. The second kappa shape index (κ2) is 7.53. The summed E-state index contributed by atoms with van der Waals surface area (Å²) in [5.74, 6) is 1.62. The van der Waals surface area contributed by atoms with Gasteiger partial charge in [0.15, 0.2) is 11.5 Å². The van der Waals surface area contributed by atoms with Gasteiger partial charge in [-0.1, -0.05) is 36.4 Å². The Kier molecular flexibility index (Phi) is 4.99. The molecule has 0 saturated carbocycles. The molecule has 3 rings (SSSR count).